The van der Waals surface area contributed by atoms with Crippen molar-refractivity contribution in [2.75, 3.05) is 38.7 Å². The minimum absolute atomic E-state index is 0.00696. The van der Waals surface area contributed by atoms with Crippen LogP contribution in [0.25, 0.3) is 0 Å². The van der Waals surface area contributed by atoms with Gasteiger partial charge in [-0.05, 0) is 31.2 Å². The van der Waals surface area contributed by atoms with E-state index in [1.54, 1.807) is 12.1 Å². The summed E-state index contributed by atoms with van der Waals surface area (Å²) in [5, 5.41) is 14.5. The fraction of sp³-hybridized carbons (Fsp3) is 0.667. The number of rotatable bonds is 6. The molecule has 0 aliphatic carbocycles. The smallest absolute Gasteiger partial charge is 0.311 e. The summed E-state index contributed by atoms with van der Waals surface area (Å²) in [6.07, 6.45) is 3.80. The summed E-state index contributed by atoms with van der Waals surface area (Å²) in [6, 6.07) is 5.32. The Labute approximate surface area is 148 Å². The average Bonchev–Trinajstić information content (AvgIpc) is 3.10. The van der Waals surface area contributed by atoms with Gasteiger partial charge >= 0.3 is 5.69 Å². The van der Waals surface area contributed by atoms with Gasteiger partial charge in [-0.25, -0.2) is 0 Å². The zero-order valence-corrected chi connectivity index (χ0v) is 14.9. The van der Waals surface area contributed by atoms with Crippen LogP contribution in [0.3, 0.4) is 0 Å². The molecule has 3 atom stereocenters. The molecule has 0 radical (unpaired) electrons. The number of piperidine rings is 1. The number of nitro benzene ring substituents is 1. The van der Waals surface area contributed by atoms with E-state index in [2.05, 4.69) is 17.1 Å². The molecule has 3 rings (SSSR count). The lowest BCUT2D eigenvalue weighted by molar-refractivity contribution is -0.385. The van der Waals surface area contributed by atoms with E-state index in [1.165, 1.54) is 26.0 Å². The summed E-state index contributed by atoms with van der Waals surface area (Å²) in [4.78, 5) is 13.1. The molecule has 7 heteroatoms. The van der Waals surface area contributed by atoms with Gasteiger partial charge in [-0.3, -0.25) is 10.1 Å². The van der Waals surface area contributed by atoms with E-state index in [4.69, 9.17) is 9.47 Å². The molecule has 2 fully saturated rings. The van der Waals surface area contributed by atoms with Gasteiger partial charge in [-0.15, -0.1) is 0 Å². The van der Waals surface area contributed by atoms with Gasteiger partial charge in [0.2, 0.25) is 0 Å². The predicted molar refractivity (Wildman–Crippen MR) is 96.3 cm³/mol. The van der Waals surface area contributed by atoms with Crippen molar-refractivity contribution in [2.45, 2.75) is 38.3 Å². The average molecular weight is 349 g/mol. The Balaban J connectivity index is 1.57. The number of methoxy groups -OCH3 is 1. The summed E-state index contributed by atoms with van der Waals surface area (Å²) in [5.74, 6) is 0.787. The van der Waals surface area contributed by atoms with E-state index in [1.807, 2.05) is 0 Å². The molecule has 1 aromatic carbocycles. The van der Waals surface area contributed by atoms with Crippen LogP contribution in [0.2, 0.25) is 0 Å². The lowest BCUT2D eigenvalue weighted by atomic mass is 9.93. The molecular weight excluding hydrogens is 322 g/mol. The molecule has 1 N–H and O–H groups in total. The molecule has 0 aromatic heterocycles. The summed E-state index contributed by atoms with van der Waals surface area (Å²) >= 11 is 0. The highest BCUT2D eigenvalue weighted by atomic mass is 16.6. The van der Waals surface area contributed by atoms with Crippen LogP contribution in [0.15, 0.2) is 18.2 Å². The number of likely N-dealkylation sites (tertiary alicyclic amines) is 1. The lowest BCUT2D eigenvalue weighted by Gasteiger charge is -2.38. The van der Waals surface area contributed by atoms with Crippen molar-refractivity contribution in [1.82, 2.24) is 4.90 Å². The van der Waals surface area contributed by atoms with E-state index in [0.717, 1.165) is 38.3 Å². The van der Waals surface area contributed by atoms with Crippen molar-refractivity contribution in [1.29, 1.82) is 0 Å². The van der Waals surface area contributed by atoms with Gasteiger partial charge in [0.15, 0.2) is 5.75 Å². The second kappa shape index (κ2) is 8.01. The van der Waals surface area contributed by atoms with E-state index < -0.39 is 4.92 Å². The highest BCUT2D eigenvalue weighted by Gasteiger charge is 2.28. The van der Waals surface area contributed by atoms with Crippen molar-refractivity contribution in [3.05, 3.63) is 28.3 Å². The zero-order chi connectivity index (χ0) is 17.8. The summed E-state index contributed by atoms with van der Waals surface area (Å²) in [7, 11) is 1.46. The van der Waals surface area contributed by atoms with Gasteiger partial charge in [0.25, 0.3) is 0 Å². The number of hydrogen-bond donors (Lipinski definition) is 1. The Morgan fingerprint density at radius 1 is 1.44 bits per heavy atom. The molecule has 2 saturated heterocycles. The van der Waals surface area contributed by atoms with E-state index >= 15 is 0 Å². The fourth-order valence-electron chi connectivity index (χ4n) is 3.82. The standard InChI is InChI=1S/C18H27N3O4/c1-13-11-20(12-15-4-3-9-25-15)8-7-16(13)19-14-5-6-17(21(22)23)18(10-14)24-2/h5-6,10,13,15-16,19H,3-4,7-9,11-12H2,1-2H3/t13-,15-,16+/m0/s1. The molecule has 2 aliphatic heterocycles. The van der Waals surface area contributed by atoms with Crippen LogP contribution >= 0.6 is 0 Å². The molecule has 0 amide bonds. The van der Waals surface area contributed by atoms with Crippen LogP contribution in [0.5, 0.6) is 5.75 Å². The zero-order valence-electron chi connectivity index (χ0n) is 14.9. The van der Waals surface area contributed by atoms with Crippen molar-refractivity contribution >= 4 is 11.4 Å². The van der Waals surface area contributed by atoms with Gasteiger partial charge in [-0.2, -0.15) is 0 Å². The fourth-order valence-corrected chi connectivity index (χ4v) is 3.82. The molecular formula is C18H27N3O4. The Morgan fingerprint density at radius 2 is 2.28 bits per heavy atom. The number of ether oxygens (including phenoxy) is 2. The first-order valence-electron chi connectivity index (χ1n) is 8.99. The number of hydrogen-bond acceptors (Lipinski definition) is 6. The van der Waals surface area contributed by atoms with Crippen LogP contribution in [-0.4, -0.2) is 55.3 Å². The largest absolute Gasteiger partial charge is 0.490 e. The van der Waals surface area contributed by atoms with Crippen molar-refractivity contribution in [3.8, 4) is 5.75 Å². The van der Waals surface area contributed by atoms with E-state index in [0.29, 0.717) is 23.8 Å². The van der Waals surface area contributed by atoms with Crippen LogP contribution in [0, 0.1) is 16.0 Å². The lowest BCUT2D eigenvalue weighted by Crippen LogP contribution is -2.47. The first-order chi connectivity index (χ1) is 12.1. The maximum absolute atomic E-state index is 11.0. The van der Waals surface area contributed by atoms with Crippen LogP contribution < -0.4 is 10.1 Å². The van der Waals surface area contributed by atoms with Crippen molar-refractivity contribution in [3.63, 3.8) is 0 Å². The summed E-state index contributed by atoms with van der Waals surface area (Å²) in [5.41, 5.74) is 0.861. The number of benzene rings is 1. The third kappa shape index (κ3) is 4.41. The highest BCUT2D eigenvalue weighted by molar-refractivity contribution is 5.58. The summed E-state index contributed by atoms with van der Waals surface area (Å²) < 4.78 is 10.9. The Bertz CT molecular complexity index is 604. The molecule has 0 spiro atoms. The molecule has 0 saturated carbocycles. The van der Waals surface area contributed by atoms with Gasteiger partial charge in [-0.1, -0.05) is 6.92 Å². The highest BCUT2D eigenvalue weighted by Crippen LogP contribution is 2.31. The number of anilines is 1. The van der Waals surface area contributed by atoms with E-state index in [9.17, 15) is 10.1 Å². The van der Waals surface area contributed by atoms with Crippen molar-refractivity contribution in [2.24, 2.45) is 5.92 Å². The van der Waals surface area contributed by atoms with Crippen LogP contribution in [0.1, 0.15) is 26.2 Å². The molecule has 2 aliphatic rings. The second-order valence-electron chi connectivity index (χ2n) is 7.06. The molecule has 0 bridgehead atoms. The molecule has 1 aromatic rings. The maximum Gasteiger partial charge on any atom is 0.311 e. The van der Waals surface area contributed by atoms with Crippen molar-refractivity contribution < 1.29 is 14.4 Å². The Hall–Kier alpha value is -1.86. The van der Waals surface area contributed by atoms with Gasteiger partial charge in [0, 0.05) is 50.1 Å². The third-order valence-corrected chi connectivity index (χ3v) is 5.20. The predicted octanol–water partition coefficient (Wildman–Crippen LogP) is 2.90. The summed E-state index contributed by atoms with van der Waals surface area (Å²) in [6.45, 7) is 6.28. The van der Waals surface area contributed by atoms with Gasteiger partial charge in [0.05, 0.1) is 18.1 Å². The quantitative estimate of drug-likeness (QED) is 0.628. The normalized spacial score (nSPS) is 27.2. The Kier molecular flexibility index (Phi) is 5.75. The molecule has 25 heavy (non-hydrogen) atoms. The number of nitro groups is 1. The SMILES string of the molecule is COc1cc(N[C@@H]2CCN(C[C@@H]3CCCO3)C[C@@H]2C)ccc1[N+](=O)[O-]. The van der Waals surface area contributed by atoms with Crippen LogP contribution in [0.4, 0.5) is 11.4 Å². The minimum Gasteiger partial charge on any atom is -0.490 e. The van der Waals surface area contributed by atoms with Gasteiger partial charge in [0.1, 0.15) is 0 Å². The molecule has 0 unspecified atom stereocenters. The maximum atomic E-state index is 11.0. The third-order valence-electron chi connectivity index (χ3n) is 5.20. The first kappa shape index (κ1) is 17.9. The molecule has 2 heterocycles. The van der Waals surface area contributed by atoms with Gasteiger partial charge < -0.3 is 19.7 Å². The molecule has 7 nitrogen and oxygen atoms in total. The minimum atomic E-state index is -0.422. The topological polar surface area (TPSA) is 76.9 Å². The van der Waals surface area contributed by atoms with Crippen LogP contribution in [-0.2, 0) is 4.74 Å². The number of nitrogens with one attached hydrogen (secondary N) is 1. The first-order valence-corrected chi connectivity index (χ1v) is 8.99. The monoisotopic (exact) mass is 349 g/mol. The number of nitrogens with zero attached hydrogens (tertiary/aromatic N) is 2. The Morgan fingerprint density at radius 3 is 2.92 bits per heavy atom. The second-order valence-corrected chi connectivity index (χ2v) is 7.06. The van der Waals surface area contributed by atoms with E-state index in [-0.39, 0.29) is 5.69 Å². The molecule has 138 valence electrons.